The number of fused-ring (bicyclic) bond motifs is 1. The van der Waals surface area contributed by atoms with Crippen LogP contribution in [-0.4, -0.2) is 31.7 Å². The third kappa shape index (κ3) is 2.96. The van der Waals surface area contributed by atoms with Crippen molar-refractivity contribution >= 4 is 0 Å². The predicted molar refractivity (Wildman–Crippen MR) is 62.2 cm³/mol. The molecule has 1 heterocycles. The Hall–Kier alpha value is -0.120. The van der Waals surface area contributed by atoms with Crippen LogP contribution in [0.15, 0.2) is 0 Å². The van der Waals surface area contributed by atoms with Crippen molar-refractivity contribution < 1.29 is 14.2 Å². The second kappa shape index (κ2) is 5.48. The summed E-state index contributed by atoms with van der Waals surface area (Å²) in [6.45, 7) is 7.90. The molecule has 1 saturated heterocycles. The van der Waals surface area contributed by atoms with E-state index in [-0.39, 0.29) is 12.4 Å². The van der Waals surface area contributed by atoms with Gasteiger partial charge in [-0.3, -0.25) is 0 Å². The largest absolute Gasteiger partial charge is 0.381 e. The summed E-state index contributed by atoms with van der Waals surface area (Å²) in [5.74, 6) is 1.33. The van der Waals surface area contributed by atoms with E-state index in [9.17, 15) is 0 Å². The molecular weight excluding hydrogens is 204 g/mol. The van der Waals surface area contributed by atoms with Crippen molar-refractivity contribution in [2.45, 2.75) is 58.5 Å². The molecule has 2 rings (SSSR count). The van der Waals surface area contributed by atoms with Crippen LogP contribution in [0.1, 0.15) is 40.0 Å². The highest BCUT2D eigenvalue weighted by Crippen LogP contribution is 2.37. The van der Waals surface area contributed by atoms with E-state index in [0.29, 0.717) is 12.0 Å². The van der Waals surface area contributed by atoms with Crippen molar-refractivity contribution in [3.8, 4) is 0 Å². The Balaban J connectivity index is 1.83. The average Bonchev–Trinajstić information content (AvgIpc) is 2.65. The minimum absolute atomic E-state index is 0.0932. The van der Waals surface area contributed by atoms with Crippen molar-refractivity contribution in [3.63, 3.8) is 0 Å². The van der Waals surface area contributed by atoms with Crippen LogP contribution in [0.3, 0.4) is 0 Å². The fourth-order valence-electron chi connectivity index (χ4n) is 2.95. The molecule has 0 aromatic heterocycles. The van der Waals surface area contributed by atoms with E-state index in [0.717, 1.165) is 25.6 Å². The summed E-state index contributed by atoms with van der Waals surface area (Å²) in [6.07, 6.45) is 4.22. The average molecular weight is 228 g/mol. The molecule has 4 atom stereocenters. The maximum absolute atomic E-state index is 6.01. The molecule has 0 spiro atoms. The van der Waals surface area contributed by atoms with Gasteiger partial charge < -0.3 is 14.2 Å². The Morgan fingerprint density at radius 2 is 1.94 bits per heavy atom. The number of hydrogen-bond acceptors (Lipinski definition) is 3. The molecule has 4 unspecified atom stereocenters. The van der Waals surface area contributed by atoms with Gasteiger partial charge in [-0.1, -0.05) is 6.42 Å². The van der Waals surface area contributed by atoms with Crippen LogP contribution in [0.2, 0.25) is 0 Å². The molecule has 1 aliphatic heterocycles. The highest BCUT2D eigenvalue weighted by atomic mass is 16.7. The Morgan fingerprint density at radius 1 is 1.12 bits per heavy atom. The van der Waals surface area contributed by atoms with Gasteiger partial charge in [-0.15, -0.1) is 0 Å². The van der Waals surface area contributed by atoms with Gasteiger partial charge in [-0.2, -0.15) is 0 Å². The zero-order valence-electron chi connectivity index (χ0n) is 10.6. The molecule has 3 heteroatoms. The van der Waals surface area contributed by atoms with Gasteiger partial charge in [-0.25, -0.2) is 0 Å². The molecule has 0 N–H and O–H groups in total. The van der Waals surface area contributed by atoms with E-state index >= 15 is 0 Å². The van der Waals surface area contributed by atoms with E-state index < -0.39 is 0 Å². The van der Waals surface area contributed by atoms with Crippen molar-refractivity contribution in [1.82, 2.24) is 0 Å². The Bertz CT molecular complexity index is 217. The Morgan fingerprint density at radius 3 is 2.69 bits per heavy atom. The van der Waals surface area contributed by atoms with Crippen molar-refractivity contribution in [1.29, 1.82) is 0 Å². The molecule has 0 aromatic carbocycles. The first kappa shape index (κ1) is 12.3. The van der Waals surface area contributed by atoms with Crippen LogP contribution in [0.4, 0.5) is 0 Å². The van der Waals surface area contributed by atoms with E-state index in [1.54, 1.807) is 0 Å². The van der Waals surface area contributed by atoms with E-state index in [1.165, 1.54) is 12.8 Å². The van der Waals surface area contributed by atoms with Gasteiger partial charge in [0.1, 0.15) is 0 Å². The van der Waals surface area contributed by atoms with Crippen molar-refractivity contribution in [2.24, 2.45) is 11.8 Å². The van der Waals surface area contributed by atoms with Crippen LogP contribution in [0.25, 0.3) is 0 Å². The monoisotopic (exact) mass is 228 g/mol. The van der Waals surface area contributed by atoms with E-state index in [4.69, 9.17) is 14.2 Å². The zero-order valence-corrected chi connectivity index (χ0v) is 10.6. The maximum atomic E-state index is 6.01. The van der Waals surface area contributed by atoms with Crippen LogP contribution >= 0.6 is 0 Å². The van der Waals surface area contributed by atoms with Gasteiger partial charge in [0.25, 0.3) is 0 Å². The highest BCUT2D eigenvalue weighted by molar-refractivity contribution is 4.86. The van der Waals surface area contributed by atoms with E-state index in [2.05, 4.69) is 0 Å². The van der Waals surface area contributed by atoms with Gasteiger partial charge in [-0.05, 0) is 39.5 Å². The van der Waals surface area contributed by atoms with Gasteiger partial charge in [0, 0.05) is 12.5 Å². The van der Waals surface area contributed by atoms with Gasteiger partial charge >= 0.3 is 0 Å². The number of ether oxygens (including phenoxy) is 3. The summed E-state index contributed by atoms with van der Waals surface area (Å²) in [5, 5.41) is 0. The first-order chi connectivity index (χ1) is 7.66. The molecule has 0 bridgehead atoms. The first-order valence-electron chi connectivity index (χ1n) is 6.55. The minimum atomic E-state index is -0.0932. The molecular formula is C13H24O3. The van der Waals surface area contributed by atoms with Crippen LogP contribution in [0.5, 0.6) is 0 Å². The summed E-state index contributed by atoms with van der Waals surface area (Å²) in [6, 6.07) is 0. The normalized spacial score (nSPS) is 36.4. The SMILES string of the molecule is CC(C)OC(C)OC1CCCC2COCC21. The molecule has 2 aliphatic rings. The molecule has 2 fully saturated rings. The molecule has 3 nitrogen and oxygen atoms in total. The smallest absolute Gasteiger partial charge is 0.155 e. The molecule has 16 heavy (non-hydrogen) atoms. The summed E-state index contributed by atoms with van der Waals surface area (Å²) in [5.41, 5.74) is 0. The van der Waals surface area contributed by atoms with Crippen molar-refractivity contribution in [2.75, 3.05) is 13.2 Å². The standard InChI is InChI=1S/C13H24O3/c1-9(2)15-10(3)16-13-6-4-5-11-7-14-8-12(11)13/h9-13H,4-8H2,1-3H3. The first-order valence-corrected chi connectivity index (χ1v) is 6.55. The fourth-order valence-corrected chi connectivity index (χ4v) is 2.95. The molecule has 1 aliphatic carbocycles. The summed E-state index contributed by atoms with van der Waals surface area (Å²) >= 11 is 0. The predicted octanol–water partition coefficient (Wildman–Crippen LogP) is 2.59. The number of hydrogen-bond donors (Lipinski definition) is 0. The third-order valence-corrected chi connectivity index (χ3v) is 3.62. The lowest BCUT2D eigenvalue weighted by atomic mass is 9.79. The highest BCUT2D eigenvalue weighted by Gasteiger charge is 2.38. The second-order valence-electron chi connectivity index (χ2n) is 5.32. The van der Waals surface area contributed by atoms with Crippen LogP contribution in [-0.2, 0) is 14.2 Å². The minimum Gasteiger partial charge on any atom is -0.381 e. The lowest BCUT2D eigenvalue weighted by Gasteiger charge is -2.34. The maximum Gasteiger partial charge on any atom is 0.155 e. The van der Waals surface area contributed by atoms with Gasteiger partial charge in [0.05, 0.1) is 18.8 Å². The Labute approximate surface area is 98.4 Å². The summed E-state index contributed by atoms with van der Waals surface area (Å²) in [7, 11) is 0. The molecule has 94 valence electrons. The Kier molecular flexibility index (Phi) is 4.22. The topological polar surface area (TPSA) is 27.7 Å². The summed E-state index contributed by atoms with van der Waals surface area (Å²) < 4.78 is 17.2. The molecule has 0 amide bonds. The molecule has 0 radical (unpaired) electrons. The van der Waals surface area contributed by atoms with Gasteiger partial charge in [0.15, 0.2) is 6.29 Å². The van der Waals surface area contributed by atoms with Crippen LogP contribution in [0, 0.1) is 11.8 Å². The van der Waals surface area contributed by atoms with Crippen LogP contribution < -0.4 is 0 Å². The second-order valence-corrected chi connectivity index (χ2v) is 5.32. The quantitative estimate of drug-likeness (QED) is 0.692. The summed E-state index contributed by atoms with van der Waals surface area (Å²) in [4.78, 5) is 0. The zero-order chi connectivity index (χ0) is 11.5. The van der Waals surface area contributed by atoms with E-state index in [1.807, 2.05) is 20.8 Å². The molecule has 0 aromatic rings. The lowest BCUT2D eigenvalue weighted by molar-refractivity contribution is -0.196. The van der Waals surface area contributed by atoms with Crippen molar-refractivity contribution in [3.05, 3.63) is 0 Å². The van der Waals surface area contributed by atoms with Gasteiger partial charge in [0.2, 0.25) is 0 Å². The fraction of sp³-hybridized carbons (Fsp3) is 1.00. The number of rotatable bonds is 4. The third-order valence-electron chi connectivity index (χ3n) is 3.62. The lowest BCUT2D eigenvalue weighted by Crippen LogP contribution is -2.37. The molecule has 1 saturated carbocycles.